The van der Waals surface area contributed by atoms with E-state index >= 15 is 0 Å². The fourth-order valence-electron chi connectivity index (χ4n) is 4.59. The van der Waals surface area contributed by atoms with Crippen molar-refractivity contribution < 1.29 is 33.3 Å². The number of ether oxygens (including phenoxy) is 3. The second-order valence-electron chi connectivity index (χ2n) is 8.51. The summed E-state index contributed by atoms with van der Waals surface area (Å²) in [7, 11) is 3.01. The number of rotatable bonds is 8. The highest BCUT2D eigenvalue weighted by Gasteiger charge is 2.45. The van der Waals surface area contributed by atoms with Gasteiger partial charge >= 0.3 is 0 Å². The molecule has 2 heterocycles. The summed E-state index contributed by atoms with van der Waals surface area (Å²) in [5, 5.41) is 11.8. The maximum atomic E-state index is 13.9. The number of fused-ring (bicyclic) bond motifs is 1. The van der Waals surface area contributed by atoms with Crippen LogP contribution < -0.4 is 19.1 Å². The summed E-state index contributed by atoms with van der Waals surface area (Å²) in [6.45, 7) is 2.29. The Balaban J connectivity index is 1.67. The summed E-state index contributed by atoms with van der Waals surface area (Å²) < 4.78 is 23.1. The number of hydrogen-bond donors (Lipinski definition) is 1. The van der Waals surface area contributed by atoms with Crippen molar-refractivity contribution in [3.8, 4) is 17.2 Å². The van der Waals surface area contributed by atoms with E-state index in [1.54, 1.807) is 60.7 Å². The standard InChI is InChI=1S/C29H24BrNO7/c1-4-37-20-7-5-6-19(15-20)31-26(16-8-10-22(35-2)23(13-16)36-3)25(28(33)29(31)34)27(32)24-14-17-12-18(30)9-11-21(17)38-24/h5-15,26,33H,4H2,1-3H3. The van der Waals surface area contributed by atoms with Crippen LogP contribution in [0, 0.1) is 0 Å². The third kappa shape index (κ3) is 4.39. The van der Waals surface area contributed by atoms with E-state index in [2.05, 4.69) is 15.9 Å². The number of furan rings is 1. The smallest absolute Gasteiger partial charge is 0.294 e. The summed E-state index contributed by atoms with van der Waals surface area (Å²) in [5.74, 6) is -0.541. The zero-order valence-electron chi connectivity index (χ0n) is 20.9. The van der Waals surface area contributed by atoms with Crippen LogP contribution in [0.4, 0.5) is 5.69 Å². The summed E-state index contributed by atoms with van der Waals surface area (Å²) in [4.78, 5) is 28.8. The van der Waals surface area contributed by atoms with Crippen LogP contribution in [-0.4, -0.2) is 37.6 Å². The molecule has 1 atom stereocenters. The van der Waals surface area contributed by atoms with Gasteiger partial charge in [-0.05, 0) is 61.0 Å². The minimum atomic E-state index is -0.980. The summed E-state index contributed by atoms with van der Waals surface area (Å²) in [6.07, 6.45) is 0. The normalized spacial score (nSPS) is 15.3. The number of halogens is 1. The molecule has 0 radical (unpaired) electrons. The average molecular weight is 578 g/mol. The van der Waals surface area contributed by atoms with E-state index in [9.17, 15) is 14.7 Å². The third-order valence-corrected chi connectivity index (χ3v) is 6.78. The van der Waals surface area contributed by atoms with E-state index in [-0.39, 0.29) is 11.3 Å². The Morgan fingerprint density at radius 3 is 2.55 bits per heavy atom. The Morgan fingerprint density at radius 1 is 1.03 bits per heavy atom. The first-order chi connectivity index (χ1) is 18.4. The topological polar surface area (TPSA) is 98.4 Å². The lowest BCUT2D eigenvalue weighted by molar-refractivity contribution is -0.117. The predicted molar refractivity (Wildman–Crippen MR) is 145 cm³/mol. The SMILES string of the molecule is CCOc1cccc(N2C(=O)C(O)=C(C(=O)c3cc4cc(Br)ccc4o3)C2c2ccc(OC)c(OC)c2)c1. The van der Waals surface area contributed by atoms with E-state index in [1.165, 1.54) is 19.1 Å². The Hall–Kier alpha value is -4.24. The van der Waals surface area contributed by atoms with Gasteiger partial charge in [-0.15, -0.1) is 0 Å². The number of amides is 1. The van der Waals surface area contributed by atoms with Gasteiger partial charge in [0.15, 0.2) is 23.0 Å². The van der Waals surface area contributed by atoms with E-state index < -0.39 is 23.5 Å². The van der Waals surface area contributed by atoms with Crippen molar-refractivity contribution >= 4 is 44.3 Å². The number of carbonyl (C=O) groups excluding carboxylic acids is 2. The highest BCUT2D eigenvalue weighted by Crippen LogP contribution is 2.44. The number of methoxy groups -OCH3 is 2. The Morgan fingerprint density at radius 2 is 1.82 bits per heavy atom. The molecule has 0 bridgehead atoms. The zero-order chi connectivity index (χ0) is 27.0. The van der Waals surface area contributed by atoms with Gasteiger partial charge in [-0.3, -0.25) is 14.5 Å². The van der Waals surface area contributed by atoms with Crippen molar-refractivity contribution in [2.24, 2.45) is 0 Å². The number of ketones is 1. The molecular weight excluding hydrogens is 554 g/mol. The lowest BCUT2D eigenvalue weighted by atomic mass is 9.94. The molecule has 3 aromatic carbocycles. The largest absolute Gasteiger partial charge is 0.503 e. The molecule has 0 fully saturated rings. The number of hydrogen-bond acceptors (Lipinski definition) is 7. The average Bonchev–Trinajstić information content (AvgIpc) is 3.46. The highest BCUT2D eigenvalue weighted by atomic mass is 79.9. The van der Waals surface area contributed by atoms with Crippen molar-refractivity contribution in [1.29, 1.82) is 0 Å². The van der Waals surface area contributed by atoms with Crippen LogP contribution in [0.5, 0.6) is 17.2 Å². The van der Waals surface area contributed by atoms with Gasteiger partial charge in [-0.2, -0.15) is 0 Å². The molecule has 0 spiro atoms. The molecule has 1 amide bonds. The Kier molecular flexibility index (Phi) is 6.86. The number of carbonyl (C=O) groups is 2. The van der Waals surface area contributed by atoms with Gasteiger partial charge in [0.25, 0.3) is 5.91 Å². The van der Waals surface area contributed by atoms with Gasteiger partial charge in [0, 0.05) is 21.6 Å². The van der Waals surface area contributed by atoms with Crippen molar-refractivity contribution in [2.45, 2.75) is 13.0 Å². The van der Waals surface area contributed by atoms with Crippen LogP contribution in [0.2, 0.25) is 0 Å². The molecule has 1 N–H and O–H groups in total. The van der Waals surface area contributed by atoms with Gasteiger partial charge in [0.2, 0.25) is 5.78 Å². The summed E-state index contributed by atoms with van der Waals surface area (Å²) >= 11 is 3.42. The van der Waals surface area contributed by atoms with E-state index in [1.807, 2.05) is 13.0 Å². The number of nitrogens with zero attached hydrogens (tertiary/aromatic N) is 1. The third-order valence-electron chi connectivity index (χ3n) is 6.29. The number of anilines is 1. The van der Waals surface area contributed by atoms with Crippen molar-refractivity contribution in [2.75, 3.05) is 25.7 Å². The Bertz CT molecular complexity index is 1590. The molecule has 1 aliphatic rings. The van der Waals surface area contributed by atoms with Gasteiger partial charge in [0.05, 0.1) is 32.4 Å². The molecule has 1 aliphatic heterocycles. The fraction of sp³-hybridized carbons (Fsp3) is 0.172. The molecule has 9 heteroatoms. The summed E-state index contributed by atoms with van der Waals surface area (Å²) in [6, 6.07) is 18.0. The minimum absolute atomic E-state index is 0.00263. The molecular formula is C29H24BrNO7. The second-order valence-corrected chi connectivity index (χ2v) is 9.42. The van der Waals surface area contributed by atoms with Gasteiger partial charge in [0.1, 0.15) is 11.3 Å². The van der Waals surface area contributed by atoms with E-state index in [0.29, 0.717) is 46.1 Å². The zero-order valence-corrected chi connectivity index (χ0v) is 22.4. The molecule has 1 unspecified atom stereocenters. The minimum Gasteiger partial charge on any atom is -0.503 e. The molecule has 1 aromatic heterocycles. The number of Topliss-reactive ketones (excluding diaryl/α,β-unsaturated/α-hetero) is 1. The van der Waals surface area contributed by atoms with Crippen LogP contribution in [-0.2, 0) is 4.79 Å². The quantitative estimate of drug-likeness (QED) is 0.242. The van der Waals surface area contributed by atoms with Gasteiger partial charge in [-0.1, -0.05) is 28.1 Å². The number of benzene rings is 3. The van der Waals surface area contributed by atoms with Crippen LogP contribution in [0.25, 0.3) is 11.0 Å². The maximum Gasteiger partial charge on any atom is 0.294 e. The molecule has 0 aliphatic carbocycles. The van der Waals surface area contributed by atoms with Crippen LogP contribution in [0.3, 0.4) is 0 Å². The van der Waals surface area contributed by atoms with Crippen molar-refractivity contribution in [1.82, 2.24) is 0 Å². The highest BCUT2D eigenvalue weighted by molar-refractivity contribution is 9.10. The summed E-state index contributed by atoms with van der Waals surface area (Å²) in [5.41, 5.74) is 1.37. The molecule has 8 nitrogen and oxygen atoms in total. The first-order valence-electron chi connectivity index (χ1n) is 11.8. The monoisotopic (exact) mass is 577 g/mol. The van der Waals surface area contributed by atoms with E-state index in [4.69, 9.17) is 18.6 Å². The maximum absolute atomic E-state index is 13.9. The van der Waals surface area contributed by atoms with Crippen LogP contribution >= 0.6 is 15.9 Å². The van der Waals surface area contributed by atoms with Gasteiger partial charge < -0.3 is 23.7 Å². The first kappa shape index (κ1) is 25.4. The predicted octanol–water partition coefficient (Wildman–Crippen LogP) is 6.39. The number of aliphatic hydroxyl groups excluding tert-OH is 1. The molecule has 0 saturated heterocycles. The molecule has 4 aromatic rings. The van der Waals surface area contributed by atoms with Crippen LogP contribution in [0.15, 0.2) is 87.0 Å². The lowest BCUT2D eigenvalue weighted by Crippen LogP contribution is -2.31. The Labute approximate surface area is 227 Å². The second kappa shape index (κ2) is 10.3. The molecule has 0 saturated carbocycles. The van der Waals surface area contributed by atoms with E-state index in [0.717, 1.165) is 4.47 Å². The van der Waals surface area contributed by atoms with Crippen molar-refractivity contribution in [3.63, 3.8) is 0 Å². The van der Waals surface area contributed by atoms with Crippen LogP contribution in [0.1, 0.15) is 29.1 Å². The van der Waals surface area contributed by atoms with Gasteiger partial charge in [-0.25, -0.2) is 0 Å². The molecule has 38 heavy (non-hydrogen) atoms. The molecule has 194 valence electrons. The van der Waals surface area contributed by atoms with Crippen molar-refractivity contribution in [3.05, 3.63) is 93.9 Å². The molecule has 5 rings (SSSR count). The lowest BCUT2D eigenvalue weighted by Gasteiger charge is -2.27. The first-order valence-corrected chi connectivity index (χ1v) is 12.6. The fourth-order valence-corrected chi connectivity index (χ4v) is 4.97. The number of aliphatic hydroxyl groups is 1.